The van der Waals surface area contributed by atoms with Gasteiger partial charge in [-0.2, -0.15) is 0 Å². The van der Waals surface area contributed by atoms with E-state index in [4.69, 9.17) is 9.15 Å². The first kappa shape index (κ1) is 24.1. The molecule has 6 rings (SSSR count). The number of aromatic nitrogens is 1. The van der Waals surface area contributed by atoms with Crippen LogP contribution in [-0.2, 0) is 6.61 Å². The lowest BCUT2D eigenvalue weighted by molar-refractivity contribution is 0.0971. The summed E-state index contributed by atoms with van der Waals surface area (Å²) in [5, 5.41) is 1.00. The number of carbonyl (C=O) groups excluding carboxylic acids is 1. The highest BCUT2D eigenvalue weighted by molar-refractivity contribution is 7.15. The first-order valence-electron chi connectivity index (χ1n) is 12.4. The van der Waals surface area contributed by atoms with Crippen LogP contribution < -0.4 is 15.1 Å². The van der Waals surface area contributed by atoms with Crippen LogP contribution in [0.5, 0.6) is 5.75 Å². The third-order valence-corrected chi connectivity index (χ3v) is 8.20. The lowest BCUT2D eigenvalue weighted by atomic mass is 9.97. The van der Waals surface area contributed by atoms with Gasteiger partial charge in [0, 0.05) is 4.88 Å². The summed E-state index contributed by atoms with van der Waals surface area (Å²) >= 11 is 1.43. The molecule has 0 fully saturated rings. The summed E-state index contributed by atoms with van der Waals surface area (Å²) in [5.41, 5.74) is 5.18. The Hall–Kier alpha value is -4.23. The molecule has 1 aliphatic rings. The fourth-order valence-corrected chi connectivity index (χ4v) is 5.75. The Morgan fingerprint density at radius 2 is 1.71 bits per heavy atom. The van der Waals surface area contributed by atoms with E-state index in [0.717, 1.165) is 32.8 Å². The molecule has 1 aliphatic heterocycles. The summed E-state index contributed by atoms with van der Waals surface area (Å²) in [5.74, 6) is 0.346. The van der Waals surface area contributed by atoms with Crippen molar-refractivity contribution in [3.63, 3.8) is 0 Å². The SMILES string of the molecule is Cc1cc2oc3c(c(=O)c2cc1C)C(c1cccc(OCc2ccccc2)c1)N(c1nc(C)c(C)s1)C3=O. The number of ether oxygens (including phenoxy) is 1. The third kappa shape index (κ3) is 4.00. The van der Waals surface area contributed by atoms with Gasteiger partial charge in [0.2, 0.25) is 5.76 Å². The molecular weight excluding hydrogens is 496 g/mol. The Morgan fingerprint density at radius 1 is 0.947 bits per heavy atom. The van der Waals surface area contributed by atoms with Gasteiger partial charge in [0.25, 0.3) is 5.91 Å². The molecule has 3 aromatic carbocycles. The van der Waals surface area contributed by atoms with Crippen LogP contribution in [0.3, 0.4) is 0 Å². The van der Waals surface area contributed by atoms with E-state index in [1.54, 1.807) is 4.90 Å². The molecule has 0 radical (unpaired) electrons. The van der Waals surface area contributed by atoms with Crippen molar-refractivity contribution in [1.82, 2.24) is 4.98 Å². The second kappa shape index (κ2) is 9.26. The Morgan fingerprint density at radius 3 is 2.45 bits per heavy atom. The average molecular weight is 523 g/mol. The highest BCUT2D eigenvalue weighted by Crippen LogP contribution is 2.43. The van der Waals surface area contributed by atoms with E-state index in [9.17, 15) is 9.59 Å². The molecule has 1 amide bonds. The zero-order valence-electron chi connectivity index (χ0n) is 21.6. The molecule has 0 saturated carbocycles. The summed E-state index contributed by atoms with van der Waals surface area (Å²) in [6.45, 7) is 8.22. The number of amides is 1. The number of rotatable bonds is 5. The second-order valence-corrected chi connectivity index (χ2v) is 10.9. The van der Waals surface area contributed by atoms with Crippen LogP contribution in [0.15, 0.2) is 75.9 Å². The van der Waals surface area contributed by atoms with Gasteiger partial charge in [-0.25, -0.2) is 4.98 Å². The van der Waals surface area contributed by atoms with E-state index in [0.29, 0.717) is 34.0 Å². The monoisotopic (exact) mass is 522 g/mol. The highest BCUT2D eigenvalue weighted by atomic mass is 32.1. The van der Waals surface area contributed by atoms with Gasteiger partial charge in [-0.15, -0.1) is 11.3 Å². The summed E-state index contributed by atoms with van der Waals surface area (Å²) in [6, 6.07) is 20.5. The summed E-state index contributed by atoms with van der Waals surface area (Å²) in [4.78, 5) is 35.1. The van der Waals surface area contributed by atoms with Crippen molar-refractivity contribution in [2.75, 3.05) is 4.90 Å². The topological polar surface area (TPSA) is 72.6 Å². The molecule has 0 aliphatic carbocycles. The van der Waals surface area contributed by atoms with Crippen LogP contribution >= 0.6 is 11.3 Å². The molecule has 7 heteroatoms. The number of fused-ring (bicyclic) bond motifs is 2. The minimum atomic E-state index is -0.690. The molecule has 3 heterocycles. The maximum absolute atomic E-state index is 14.0. The zero-order chi connectivity index (χ0) is 26.6. The van der Waals surface area contributed by atoms with Gasteiger partial charge in [0.1, 0.15) is 17.9 Å². The van der Waals surface area contributed by atoms with Gasteiger partial charge in [-0.1, -0.05) is 42.5 Å². The van der Waals surface area contributed by atoms with Crippen LogP contribution in [0.2, 0.25) is 0 Å². The van der Waals surface area contributed by atoms with E-state index < -0.39 is 6.04 Å². The van der Waals surface area contributed by atoms with Gasteiger partial charge in [0.05, 0.1) is 22.7 Å². The fraction of sp³-hybridized carbons (Fsp3) is 0.194. The number of hydrogen-bond acceptors (Lipinski definition) is 6. The minimum absolute atomic E-state index is 0.0665. The van der Waals surface area contributed by atoms with E-state index in [1.165, 1.54) is 11.3 Å². The molecule has 1 atom stereocenters. The van der Waals surface area contributed by atoms with E-state index in [-0.39, 0.29) is 17.1 Å². The molecule has 0 saturated heterocycles. The van der Waals surface area contributed by atoms with Gasteiger partial charge < -0.3 is 9.15 Å². The number of benzene rings is 3. The molecule has 0 spiro atoms. The predicted octanol–water partition coefficient (Wildman–Crippen LogP) is 6.81. The lowest BCUT2D eigenvalue weighted by Gasteiger charge is -2.23. The molecule has 38 heavy (non-hydrogen) atoms. The van der Waals surface area contributed by atoms with Crippen LogP contribution in [0.25, 0.3) is 11.0 Å². The third-order valence-electron chi connectivity index (χ3n) is 7.13. The van der Waals surface area contributed by atoms with E-state index >= 15 is 0 Å². The maximum Gasteiger partial charge on any atom is 0.297 e. The van der Waals surface area contributed by atoms with Crippen molar-refractivity contribution in [3.05, 3.63) is 121 Å². The lowest BCUT2D eigenvalue weighted by Crippen LogP contribution is -2.29. The summed E-state index contributed by atoms with van der Waals surface area (Å²) in [6.07, 6.45) is 0. The Bertz CT molecular complexity index is 1750. The van der Waals surface area contributed by atoms with Crippen molar-refractivity contribution in [3.8, 4) is 5.75 Å². The number of thiazole rings is 1. The van der Waals surface area contributed by atoms with Crippen LogP contribution in [0, 0.1) is 27.7 Å². The molecule has 2 aromatic heterocycles. The summed E-state index contributed by atoms with van der Waals surface area (Å²) < 4.78 is 12.2. The maximum atomic E-state index is 14.0. The number of hydrogen-bond donors (Lipinski definition) is 0. The Balaban J connectivity index is 1.51. The van der Waals surface area contributed by atoms with E-state index in [2.05, 4.69) is 4.98 Å². The smallest absolute Gasteiger partial charge is 0.297 e. The summed E-state index contributed by atoms with van der Waals surface area (Å²) in [7, 11) is 0. The first-order chi connectivity index (χ1) is 18.3. The molecule has 5 aromatic rings. The van der Waals surface area contributed by atoms with Crippen molar-refractivity contribution in [2.24, 2.45) is 0 Å². The standard InChI is InChI=1S/C31H26N2O4S/c1-17-13-24-25(14-18(17)2)37-29-26(28(24)34)27(33(30(29)35)31-32-19(3)20(4)38-31)22-11-8-12-23(15-22)36-16-21-9-6-5-7-10-21/h5-15,27H,16H2,1-4H3. The zero-order valence-corrected chi connectivity index (χ0v) is 22.4. The number of aryl methyl sites for hydroxylation is 4. The van der Waals surface area contributed by atoms with Gasteiger partial charge >= 0.3 is 0 Å². The van der Waals surface area contributed by atoms with Gasteiger partial charge in [-0.3, -0.25) is 14.5 Å². The largest absolute Gasteiger partial charge is 0.489 e. The molecule has 0 bridgehead atoms. The number of nitrogens with zero attached hydrogens (tertiary/aromatic N) is 2. The van der Waals surface area contributed by atoms with Gasteiger partial charge in [-0.05, 0) is 74.2 Å². The quantitative estimate of drug-likeness (QED) is 0.253. The normalized spacial score (nSPS) is 14.8. The van der Waals surface area contributed by atoms with Crippen molar-refractivity contribution >= 4 is 33.3 Å². The van der Waals surface area contributed by atoms with Crippen LogP contribution in [-0.4, -0.2) is 10.9 Å². The molecule has 6 nitrogen and oxygen atoms in total. The van der Waals surface area contributed by atoms with Crippen molar-refractivity contribution in [1.29, 1.82) is 0 Å². The van der Waals surface area contributed by atoms with Gasteiger partial charge in [0.15, 0.2) is 10.6 Å². The molecule has 190 valence electrons. The van der Waals surface area contributed by atoms with Crippen LogP contribution in [0.1, 0.15) is 55.0 Å². The average Bonchev–Trinajstić information content (AvgIpc) is 3.40. The number of carbonyl (C=O) groups is 1. The predicted molar refractivity (Wildman–Crippen MR) is 149 cm³/mol. The molecule has 0 N–H and O–H groups in total. The number of anilines is 1. The second-order valence-electron chi connectivity index (χ2n) is 9.67. The molecule has 1 unspecified atom stereocenters. The Kier molecular flexibility index (Phi) is 5.88. The van der Waals surface area contributed by atoms with Crippen LogP contribution in [0.4, 0.5) is 5.13 Å². The fourth-order valence-electron chi connectivity index (χ4n) is 4.81. The molecular formula is C31H26N2O4S. The first-order valence-corrected chi connectivity index (χ1v) is 13.3. The van der Waals surface area contributed by atoms with Crippen molar-refractivity contribution in [2.45, 2.75) is 40.3 Å². The minimum Gasteiger partial charge on any atom is -0.489 e. The van der Waals surface area contributed by atoms with Crippen molar-refractivity contribution < 1.29 is 13.9 Å². The highest BCUT2D eigenvalue weighted by Gasteiger charge is 2.45. The van der Waals surface area contributed by atoms with E-state index in [1.807, 2.05) is 94.4 Å². The Labute approximate surface area is 224 Å².